The molecule has 98 valence electrons. The number of nitriles is 1. The molecule has 0 amide bonds. The third-order valence-electron chi connectivity index (χ3n) is 2.67. The standard InChI is InChI=1S/C17H13NO2/c18-12-14-7-9-15(10-8-14)13-20-17-6-2-1-4-16(17)5-3-11-19/h1-2,4,6-10,19H,11,13H2. The van der Waals surface area contributed by atoms with E-state index in [0.29, 0.717) is 17.9 Å². The normalized spacial score (nSPS) is 9.20. The quantitative estimate of drug-likeness (QED) is 0.865. The Bertz CT molecular complexity index is 673. The van der Waals surface area contributed by atoms with Gasteiger partial charge in [0.25, 0.3) is 0 Å². The van der Waals surface area contributed by atoms with Gasteiger partial charge in [0.1, 0.15) is 19.0 Å². The topological polar surface area (TPSA) is 53.2 Å². The molecule has 0 fully saturated rings. The molecule has 0 aliphatic heterocycles. The summed E-state index contributed by atoms with van der Waals surface area (Å²) in [4.78, 5) is 0. The molecule has 0 aliphatic carbocycles. The van der Waals surface area contributed by atoms with Crippen molar-refractivity contribution in [1.82, 2.24) is 0 Å². The van der Waals surface area contributed by atoms with Crippen LogP contribution in [-0.4, -0.2) is 11.7 Å². The average molecular weight is 263 g/mol. The largest absolute Gasteiger partial charge is 0.488 e. The number of aliphatic hydroxyl groups excluding tert-OH is 1. The maximum absolute atomic E-state index is 8.74. The zero-order valence-corrected chi connectivity index (χ0v) is 10.8. The lowest BCUT2D eigenvalue weighted by atomic mass is 10.1. The molecule has 0 aromatic heterocycles. The van der Waals surface area contributed by atoms with Crippen LogP contribution in [0.1, 0.15) is 16.7 Å². The Morgan fingerprint density at radius 3 is 2.50 bits per heavy atom. The lowest BCUT2D eigenvalue weighted by molar-refractivity contribution is 0.305. The van der Waals surface area contributed by atoms with Crippen molar-refractivity contribution in [1.29, 1.82) is 5.26 Å². The van der Waals surface area contributed by atoms with Gasteiger partial charge in [0, 0.05) is 0 Å². The first-order chi connectivity index (χ1) is 9.83. The molecule has 0 atom stereocenters. The summed E-state index contributed by atoms with van der Waals surface area (Å²) in [6.07, 6.45) is 0. The van der Waals surface area contributed by atoms with Crippen molar-refractivity contribution in [2.24, 2.45) is 0 Å². The van der Waals surface area contributed by atoms with Crippen molar-refractivity contribution in [2.45, 2.75) is 6.61 Å². The van der Waals surface area contributed by atoms with Gasteiger partial charge in [-0.1, -0.05) is 36.1 Å². The van der Waals surface area contributed by atoms with Crippen LogP contribution in [-0.2, 0) is 6.61 Å². The molecule has 1 N–H and O–H groups in total. The lowest BCUT2D eigenvalue weighted by Crippen LogP contribution is -1.97. The van der Waals surface area contributed by atoms with Crippen LogP contribution in [0.15, 0.2) is 48.5 Å². The number of para-hydroxylation sites is 1. The summed E-state index contributed by atoms with van der Waals surface area (Å²) in [5.74, 6) is 6.14. The van der Waals surface area contributed by atoms with E-state index < -0.39 is 0 Å². The van der Waals surface area contributed by atoms with Crippen LogP contribution in [0.4, 0.5) is 0 Å². The van der Waals surface area contributed by atoms with Gasteiger partial charge in [-0.15, -0.1) is 0 Å². The minimum Gasteiger partial charge on any atom is -0.488 e. The Kier molecular flexibility index (Phi) is 4.78. The Morgan fingerprint density at radius 1 is 1.05 bits per heavy atom. The van der Waals surface area contributed by atoms with Gasteiger partial charge in [0.05, 0.1) is 17.2 Å². The molecule has 0 saturated carbocycles. The van der Waals surface area contributed by atoms with Gasteiger partial charge < -0.3 is 9.84 Å². The number of hydrogen-bond donors (Lipinski definition) is 1. The number of nitrogens with zero attached hydrogens (tertiary/aromatic N) is 1. The van der Waals surface area contributed by atoms with Crippen LogP contribution in [0.25, 0.3) is 0 Å². The van der Waals surface area contributed by atoms with E-state index in [9.17, 15) is 0 Å². The molecule has 0 unspecified atom stereocenters. The van der Waals surface area contributed by atoms with E-state index in [1.807, 2.05) is 36.4 Å². The summed E-state index contributed by atoms with van der Waals surface area (Å²) in [6.45, 7) is 0.230. The molecular weight excluding hydrogens is 250 g/mol. The summed E-state index contributed by atoms with van der Waals surface area (Å²) in [5.41, 5.74) is 2.35. The SMILES string of the molecule is N#Cc1ccc(COc2ccccc2C#CCO)cc1. The van der Waals surface area contributed by atoms with E-state index in [2.05, 4.69) is 17.9 Å². The molecule has 2 aromatic rings. The Morgan fingerprint density at radius 2 is 1.80 bits per heavy atom. The van der Waals surface area contributed by atoms with Crippen molar-refractivity contribution >= 4 is 0 Å². The van der Waals surface area contributed by atoms with Crippen LogP contribution >= 0.6 is 0 Å². The van der Waals surface area contributed by atoms with Gasteiger partial charge in [0.15, 0.2) is 0 Å². The van der Waals surface area contributed by atoms with Crippen molar-refractivity contribution in [2.75, 3.05) is 6.61 Å². The van der Waals surface area contributed by atoms with Crippen molar-refractivity contribution in [3.63, 3.8) is 0 Å². The van der Waals surface area contributed by atoms with Crippen molar-refractivity contribution in [3.8, 4) is 23.7 Å². The van der Waals surface area contributed by atoms with Gasteiger partial charge in [-0.2, -0.15) is 5.26 Å². The zero-order chi connectivity index (χ0) is 14.2. The molecule has 0 spiro atoms. The fourth-order valence-electron chi connectivity index (χ4n) is 1.67. The first-order valence-corrected chi connectivity index (χ1v) is 6.14. The third kappa shape index (κ3) is 3.62. The van der Waals surface area contributed by atoms with Gasteiger partial charge in [-0.3, -0.25) is 0 Å². The average Bonchev–Trinajstić information content (AvgIpc) is 2.52. The molecule has 0 bridgehead atoms. The Labute approximate surface area is 118 Å². The monoisotopic (exact) mass is 263 g/mol. The second-order valence-electron chi connectivity index (χ2n) is 4.05. The molecule has 2 aromatic carbocycles. The van der Waals surface area contributed by atoms with Crippen molar-refractivity contribution < 1.29 is 9.84 Å². The summed E-state index contributed by atoms with van der Waals surface area (Å²) in [6, 6.07) is 16.7. The van der Waals surface area contributed by atoms with E-state index >= 15 is 0 Å². The summed E-state index contributed by atoms with van der Waals surface area (Å²) in [7, 11) is 0. The molecule has 0 saturated heterocycles. The first kappa shape index (κ1) is 13.7. The number of benzene rings is 2. The maximum Gasteiger partial charge on any atom is 0.135 e. The van der Waals surface area contributed by atoms with E-state index in [-0.39, 0.29) is 6.61 Å². The zero-order valence-electron chi connectivity index (χ0n) is 10.8. The van der Waals surface area contributed by atoms with Crippen LogP contribution in [0.3, 0.4) is 0 Å². The number of ether oxygens (including phenoxy) is 1. The third-order valence-corrected chi connectivity index (χ3v) is 2.67. The molecule has 20 heavy (non-hydrogen) atoms. The number of aliphatic hydroxyl groups is 1. The maximum atomic E-state index is 8.74. The van der Waals surface area contributed by atoms with Crippen LogP contribution in [0.2, 0.25) is 0 Å². The molecule has 0 heterocycles. The van der Waals surface area contributed by atoms with E-state index in [1.165, 1.54) is 0 Å². The molecule has 3 heteroatoms. The predicted molar refractivity (Wildman–Crippen MR) is 75.9 cm³/mol. The molecule has 3 nitrogen and oxygen atoms in total. The van der Waals surface area contributed by atoms with E-state index in [0.717, 1.165) is 11.1 Å². The molecule has 2 rings (SSSR count). The fourth-order valence-corrected chi connectivity index (χ4v) is 1.67. The van der Waals surface area contributed by atoms with Gasteiger partial charge in [0.2, 0.25) is 0 Å². The van der Waals surface area contributed by atoms with Crippen LogP contribution < -0.4 is 4.74 Å². The number of hydrogen-bond acceptors (Lipinski definition) is 3. The summed E-state index contributed by atoms with van der Waals surface area (Å²) >= 11 is 0. The highest BCUT2D eigenvalue weighted by molar-refractivity contribution is 5.46. The highest BCUT2D eigenvalue weighted by Gasteiger charge is 2.01. The Hall–Kier alpha value is -2.75. The highest BCUT2D eigenvalue weighted by Crippen LogP contribution is 2.18. The smallest absolute Gasteiger partial charge is 0.135 e. The van der Waals surface area contributed by atoms with Crippen molar-refractivity contribution in [3.05, 3.63) is 65.2 Å². The van der Waals surface area contributed by atoms with Gasteiger partial charge >= 0.3 is 0 Å². The summed E-state index contributed by atoms with van der Waals surface area (Å²) in [5, 5.41) is 17.5. The minimum atomic E-state index is -0.177. The van der Waals surface area contributed by atoms with Gasteiger partial charge in [-0.25, -0.2) is 0 Å². The highest BCUT2D eigenvalue weighted by atomic mass is 16.5. The first-order valence-electron chi connectivity index (χ1n) is 6.14. The van der Waals surface area contributed by atoms with E-state index in [4.69, 9.17) is 15.1 Å². The minimum absolute atomic E-state index is 0.177. The van der Waals surface area contributed by atoms with Gasteiger partial charge in [-0.05, 0) is 29.8 Å². The lowest BCUT2D eigenvalue weighted by Gasteiger charge is -2.08. The summed E-state index contributed by atoms with van der Waals surface area (Å²) < 4.78 is 5.73. The van der Waals surface area contributed by atoms with E-state index in [1.54, 1.807) is 12.1 Å². The molecular formula is C17H13NO2. The molecule has 0 aliphatic rings. The fraction of sp³-hybridized carbons (Fsp3) is 0.118. The predicted octanol–water partition coefficient (Wildman–Crippen LogP) is 2.48. The molecule has 0 radical (unpaired) electrons. The second-order valence-corrected chi connectivity index (χ2v) is 4.05. The van der Waals surface area contributed by atoms with Crippen LogP contribution in [0.5, 0.6) is 5.75 Å². The van der Waals surface area contributed by atoms with Crippen LogP contribution in [0, 0.1) is 23.2 Å². The second kappa shape index (κ2) is 6.99. The Balaban J connectivity index is 2.08. The number of rotatable bonds is 3.